The molecule has 0 radical (unpaired) electrons. The fourth-order valence-electron chi connectivity index (χ4n) is 3.13. The van der Waals surface area contributed by atoms with E-state index in [0.29, 0.717) is 48.0 Å². The highest BCUT2D eigenvalue weighted by molar-refractivity contribution is 6.33. The number of likely N-dealkylation sites (tertiary alicyclic amines) is 1. The Morgan fingerprint density at radius 2 is 1.73 bits per heavy atom. The molecule has 0 atom stereocenters. The Morgan fingerprint density at radius 1 is 1.08 bits per heavy atom. The smallest absolute Gasteiger partial charge is 0.257 e. The molecule has 5 nitrogen and oxygen atoms in total. The third-order valence-corrected chi connectivity index (χ3v) is 4.95. The van der Waals surface area contributed by atoms with Gasteiger partial charge in [0.25, 0.3) is 5.91 Å². The van der Waals surface area contributed by atoms with Crippen molar-refractivity contribution in [1.82, 2.24) is 4.90 Å². The number of anilines is 1. The van der Waals surface area contributed by atoms with Gasteiger partial charge in [0, 0.05) is 19.0 Å². The van der Waals surface area contributed by atoms with Crippen LogP contribution in [-0.4, -0.2) is 36.9 Å². The van der Waals surface area contributed by atoms with Gasteiger partial charge in [0.15, 0.2) is 0 Å². The third kappa shape index (κ3) is 3.99. The summed E-state index contributed by atoms with van der Waals surface area (Å²) in [7, 11) is 1.55. The number of rotatable bonds is 4. The van der Waals surface area contributed by atoms with Crippen molar-refractivity contribution in [3.63, 3.8) is 0 Å². The summed E-state index contributed by atoms with van der Waals surface area (Å²) < 4.78 is 5.27. The Bertz CT molecular complexity index is 801. The topological polar surface area (TPSA) is 58.6 Å². The lowest BCUT2D eigenvalue weighted by Gasteiger charge is -2.31. The Labute approximate surface area is 157 Å². The number of hydrogen-bond donors (Lipinski definition) is 1. The van der Waals surface area contributed by atoms with Crippen molar-refractivity contribution >= 4 is 29.1 Å². The zero-order chi connectivity index (χ0) is 18.5. The molecule has 0 aliphatic carbocycles. The Kier molecular flexibility index (Phi) is 5.78. The van der Waals surface area contributed by atoms with E-state index in [1.165, 1.54) is 0 Å². The van der Waals surface area contributed by atoms with Crippen LogP contribution in [0.3, 0.4) is 0 Å². The minimum atomic E-state index is -0.131. The Morgan fingerprint density at radius 3 is 2.42 bits per heavy atom. The van der Waals surface area contributed by atoms with E-state index in [1.807, 2.05) is 24.3 Å². The predicted octanol–water partition coefficient (Wildman–Crippen LogP) is 3.84. The van der Waals surface area contributed by atoms with Gasteiger partial charge in [-0.2, -0.15) is 0 Å². The molecule has 3 rings (SSSR count). The van der Waals surface area contributed by atoms with Gasteiger partial charge in [-0.25, -0.2) is 0 Å². The number of carbonyl (C=O) groups is 2. The van der Waals surface area contributed by atoms with Gasteiger partial charge in [-0.05, 0) is 37.1 Å². The van der Waals surface area contributed by atoms with Gasteiger partial charge in [-0.3, -0.25) is 9.59 Å². The largest absolute Gasteiger partial charge is 0.496 e. The van der Waals surface area contributed by atoms with E-state index in [9.17, 15) is 9.59 Å². The number of carbonyl (C=O) groups excluding carboxylic acids is 2. The minimum Gasteiger partial charge on any atom is -0.496 e. The van der Waals surface area contributed by atoms with E-state index < -0.39 is 0 Å². The molecule has 0 bridgehead atoms. The first-order chi connectivity index (χ1) is 12.6. The molecule has 26 heavy (non-hydrogen) atoms. The Hall–Kier alpha value is -2.53. The lowest BCUT2D eigenvalue weighted by Crippen LogP contribution is -2.41. The maximum absolute atomic E-state index is 12.7. The molecule has 1 saturated heterocycles. The molecule has 136 valence electrons. The average molecular weight is 373 g/mol. The van der Waals surface area contributed by atoms with Crippen molar-refractivity contribution in [1.29, 1.82) is 0 Å². The number of piperidine rings is 1. The number of ether oxygens (including phenoxy) is 1. The van der Waals surface area contributed by atoms with Crippen LogP contribution in [0.1, 0.15) is 23.2 Å². The highest BCUT2D eigenvalue weighted by Gasteiger charge is 2.29. The molecule has 2 aromatic rings. The molecule has 6 heteroatoms. The first-order valence-corrected chi connectivity index (χ1v) is 8.95. The summed E-state index contributed by atoms with van der Waals surface area (Å²) in [4.78, 5) is 27.0. The zero-order valence-corrected chi connectivity index (χ0v) is 15.3. The molecule has 0 unspecified atom stereocenters. The van der Waals surface area contributed by atoms with Gasteiger partial charge >= 0.3 is 0 Å². The van der Waals surface area contributed by atoms with Crippen molar-refractivity contribution in [3.8, 4) is 5.75 Å². The number of benzene rings is 2. The van der Waals surface area contributed by atoms with Crippen LogP contribution in [-0.2, 0) is 4.79 Å². The normalized spacial score (nSPS) is 14.8. The van der Waals surface area contributed by atoms with Crippen molar-refractivity contribution in [2.24, 2.45) is 5.92 Å². The van der Waals surface area contributed by atoms with Gasteiger partial charge in [-0.1, -0.05) is 35.9 Å². The summed E-state index contributed by atoms with van der Waals surface area (Å²) in [5, 5.41) is 3.40. The van der Waals surface area contributed by atoms with Gasteiger partial charge in [0.2, 0.25) is 5.91 Å². The predicted molar refractivity (Wildman–Crippen MR) is 102 cm³/mol. The molecular formula is C20H21ClN2O3. The van der Waals surface area contributed by atoms with Crippen LogP contribution < -0.4 is 10.1 Å². The summed E-state index contributed by atoms with van der Waals surface area (Å²) in [6.45, 7) is 1.08. The summed E-state index contributed by atoms with van der Waals surface area (Å²) >= 11 is 6.09. The van der Waals surface area contributed by atoms with E-state index in [1.54, 1.807) is 36.3 Å². The molecular weight excluding hydrogens is 352 g/mol. The van der Waals surface area contributed by atoms with Gasteiger partial charge < -0.3 is 15.0 Å². The minimum absolute atomic E-state index is 0.0532. The highest BCUT2D eigenvalue weighted by atomic mass is 35.5. The number of nitrogens with zero attached hydrogens (tertiary/aromatic N) is 1. The van der Waals surface area contributed by atoms with Crippen LogP contribution in [0.15, 0.2) is 48.5 Å². The SMILES string of the molecule is COc1ccccc1C(=O)N1CCC(C(=O)Nc2ccccc2Cl)CC1. The first-order valence-electron chi connectivity index (χ1n) is 8.58. The molecule has 2 aromatic carbocycles. The molecule has 0 aromatic heterocycles. The standard InChI is InChI=1S/C20H21ClN2O3/c1-26-18-9-5-2-6-15(18)20(25)23-12-10-14(11-13-23)19(24)22-17-8-4-3-7-16(17)21/h2-9,14H,10-13H2,1H3,(H,22,24). The summed E-state index contributed by atoms with van der Waals surface area (Å²) in [6.07, 6.45) is 1.24. The average Bonchev–Trinajstić information content (AvgIpc) is 2.69. The van der Waals surface area contributed by atoms with Crippen molar-refractivity contribution in [2.75, 3.05) is 25.5 Å². The van der Waals surface area contributed by atoms with Crippen LogP contribution in [0, 0.1) is 5.92 Å². The van der Waals surface area contributed by atoms with E-state index >= 15 is 0 Å². The molecule has 1 fully saturated rings. The summed E-state index contributed by atoms with van der Waals surface area (Å²) in [5.74, 6) is 0.319. The number of hydrogen-bond acceptors (Lipinski definition) is 3. The van der Waals surface area contributed by atoms with Gasteiger partial charge in [0.1, 0.15) is 5.75 Å². The maximum atomic E-state index is 12.7. The number of amides is 2. The zero-order valence-electron chi connectivity index (χ0n) is 14.6. The summed E-state index contributed by atoms with van der Waals surface area (Å²) in [5.41, 5.74) is 1.17. The van der Waals surface area contributed by atoms with Crippen LogP contribution >= 0.6 is 11.6 Å². The van der Waals surface area contributed by atoms with Crippen molar-refractivity contribution in [3.05, 3.63) is 59.1 Å². The lowest BCUT2D eigenvalue weighted by atomic mass is 9.95. The van der Waals surface area contributed by atoms with Gasteiger partial charge in [-0.15, -0.1) is 0 Å². The second-order valence-corrected chi connectivity index (χ2v) is 6.64. The Balaban J connectivity index is 1.59. The monoisotopic (exact) mass is 372 g/mol. The number of para-hydroxylation sites is 2. The fourth-order valence-corrected chi connectivity index (χ4v) is 3.32. The van der Waals surface area contributed by atoms with Gasteiger partial charge in [0.05, 0.1) is 23.4 Å². The van der Waals surface area contributed by atoms with Crippen LogP contribution in [0.25, 0.3) is 0 Å². The first kappa shape index (κ1) is 18.3. The number of methoxy groups -OCH3 is 1. The lowest BCUT2D eigenvalue weighted by molar-refractivity contribution is -0.121. The van der Waals surface area contributed by atoms with E-state index in [2.05, 4.69) is 5.32 Å². The molecule has 0 spiro atoms. The molecule has 1 aliphatic rings. The number of halogens is 1. The van der Waals surface area contributed by atoms with E-state index in [0.717, 1.165) is 0 Å². The third-order valence-electron chi connectivity index (χ3n) is 4.62. The second-order valence-electron chi connectivity index (χ2n) is 6.24. The molecule has 1 N–H and O–H groups in total. The van der Waals surface area contributed by atoms with Crippen LogP contribution in [0.2, 0.25) is 5.02 Å². The molecule has 1 heterocycles. The second kappa shape index (κ2) is 8.23. The fraction of sp³-hybridized carbons (Fsp3) is 0.300. The van der Waals surface area contributed by atoms with Crippen LogP contribution in [0.5, 0.6) is 5.75 Å². The van der Waals surface area contributed by atoms with Crippen molar-refractivity contribution < 1.29 is 14.3 Å². The van der Waals surface area contributed by atoms with E-state index in [-0.39, 0.29) is 17.7 Å². The van der Waals surface area contributed by atoms with E-state index in [4.69, 9.17) is 16.3 Å². The molecule has 1 aliphatic heterocycles. The summed E-state index contributed by atoms with van der Waals surface area (Å²) in [6, 6.07) is 14.4. The molecule has 0 saturated carbocycles. The quantitative estimate of drug-likeness (QED) is 0.887. The maximum Gasteiger partial charge on any atom is 0.257 e. The number of nitrogens with one attached hydrogen (secondary N) is 1. The van der Waals surface area contributed by atoms with Crippen LogP contribution in [0.4, 0.5) is 5.69 Å². The highest BCUT2D eigenvalue weighted by Crippen LogP contribution is 2.26. The van der Waals surface area contributed by atoms with Crippen molar-refractivity contribution in [2.45, 2.75) is 12.8 Å². The molecule has 2 amide bonds.